The van der Waals surface area contributed by atoms with Crippen LogP contribution >= 0.6 is 0 Å². The number of allylic oxidation sites excluding steroid dienone is 3. The van der Waals surface area contributed by atoms with Crippen LogP contribution < -0.4 is 0 Å². The van der Waals surface area contributed by atoms with Gasteiger partial charge >= 0.3 is 0 Å². The highest BCUT2D eigenvalue weighted by atomic mass is 16.3. The van der Waals surface area contributed by atoms with E-state index < -0.39 is 6.10 Å². The minimum Gasteiger partial charge on any atom is -0.392 e. The van der Waals surface area contributed by atoms with Crippen LogP contribution in [0.1, 0.15) is 39.5 Å². The van der Waals surface area contributed by atoms with Gasteiger partial charge in [0.25, 0.3) is 0 Å². The van der Waals surface area contributed by atoms with Gasteiger partial charge in [-0.05, 0) is 56.3 Å². The average Bonchev–Trinajstić information content (AvgIpc) is 3.03. The molecule has 0 amide bonds. The van der Waals surface area contributed by atoms with E-state index in [1.54, 1.807) is 0 Å². The number of rotatable bonds is 3. The number of aliphatic hydroxyl groups is 1. The molecule has 2 bridgehead atoms. The van der Waals surface area contributed by atoms with Crippen molar-refractivity contribution < 1.29 is 9.90 Å². The van der Waals surface area contributed by atoms with Gasteiger partial charge in [-0.2, -0.15) is 0 Å². The Bertz CT molecular complexity index is 450. The first-order chi connectivity index (χ1) is 9.49. The normalized spacial score (nSPS) is 44.9. The summed E-state index contributed by atoms with van der Waals surface area (Å²) < 4.78 is 0. The first-order valence-corrected chi connectivity index (χ1v) is 8.04. The molecule has 0 aromatic heterocycles. The molecule has 20 heavy (non-hydrogen) atoms. The molecule has 0 aromatic carbocycles. The van der Waals surface area contributed by atoms with Crippen molar-refractivity contribution in [3.05, 3.63) is 24.3 Å². The van der Waals surface area contributed by atoms with Crippen molar-refractivity contribution in [2.24, 2.45) is 35.5 Å². The highest BCUT2D eigenvalue weighted by molar-refractivity contribution is 5.85. The van der Waals surface area contributed by atoms with Crippen LogP contribution in [-0.2, 0) is 4.79 Å². The van der Waals surface area contributed by atoms with Crippen LogP contribution in [0, 0.1) is 35.5 Å². The molecule has 7 atom stereocenters. The number of hydrogen-bond donors (Lipinski definition) is 1. The summed E-state index contributed by atoms with van der Waals surface area (Å²) in [6, 6.07) is 0. The molecule has 1 unspecified atom stereocenters. The summed E-state index contributed by atoms with van der Waals surface area (Å²) in [6.07, 6.45) is 8.24. The first kappa shape index (κ1) is 14.1. The van der Waals surface area contributed by atoms with E-state index in [2.05, 4.69) is 18.7 Å². The van der Waals surface area contributed by atoms with Crippen molar-refractivity contribution >= 4 is 5.78 Å². The Kier molecular flexibility index (Phi) is 3.62. The third-order valence-corrected chi connectivity index (χ3v) is 5.93. The topological polar surface area (TPSA) is 37.3 Å². The van der Waals surface area contributed by atoms with E-state index in [1.807, 2.05) is 13.8 Å². The van der Waals surface area contributed by atoms with Crippen molar-refractivity contribution in [1.82, 2.24) is 0 Å². The van der Waals surface area contributed by atoms with E-state index in [0.717, 1.165) is 24.8 Å². The van der Waals surface area contributed by atoms with Gasteiger partial charge < -0.3 is 5.11 Å². The molecule has 3 aliphatic carbocycles. The Morgan fingerprint density at radius 1 is 1.35 bits per heavy atom. The fraction of sp³-hybridized carbons (Fsp3) is 0.722. The molecule has 2 saturated carbocycles. The zero-order chi connectivity index (χ0) is 14.4. The van der Waals surface area contributed by atoms with Gasteiger partial charge in [0.1, 0.15) is 5.78 Å². The van der Waals surface area contributed by atoms with Crippen molar-refractivity contribution in [3.63, 3.8) is 0 Å². The highest BCUT2D eigenvalue weighted by Crippen LogP contribution is 2.49. The predicted octanol–water partition coefficient (Wildman–Crippen LogP) is 3.37. The van der Waals surface area contributed by atoms with Gasteiger partial charge in [-0.15, -0.1) is 0 Å². The summed E-state index contributed by atoms with van der Waals surface area (Å²) in [5, 5.41) is 10.9. The highest BCUT2D eigenvalue weighted by Gasteiger charge is 2.48. The molecule has 2 nitrogen and oxygen atoms in total. The molecule has 0 saturated heterocycles. The average molecular weight is 274 g/mol. The molecule has 1 N–H and O–H groups in total. The summed E-state index contributed by atoms with van der Waals surface area (Å²) in [6.45, 7) is 8.09. The Balaban J connectivity index is 1.82. The summed E-state index contributed by atoms with van der Waals surface area (Å²) >= 11 is 0. The molecule has 0 spiro atoms. The SMILES string of the molecule is C=C(C)[C@@H]1CC[C@@H](C)C(=O)[C@H]1C(O)[C@H]1C[C@H]2C=C[C@@H]1C2. The number of ketones is 1. The van der Waals surface area contributed by atoms with Crippen LogP contribution in [0.25, 0.3) is 0 Å². The maximum absolute atomic E-state index is 12.6. The van der Waals surface area contributed by atoms with E-state index in [1.165, 1.54) is 6.42 Å². The molecule has 2 heteroatoms. The fourth-order valence-corrected chi connectivity index (χ4v) is 4.72. The summed E-state index contributed by atoms with van der Waals surface area (Å²) in [5.41, 5.74) is 1.06. The molecule has 0 radical (unpaired) electrons. The molecule has 3 rings (SSSR count). The molecular formula is C18H26O2. The van der Waals surface area contributed by atoms with Gasteiger partial charge in [0.2, 0.25) is 0 Å². The largest absolute Gasteiger partial charge is 0.392 e. The van der Waals surface area contributed by atoms with E-state index in [4.69, 9.17) is 0 Å². The lowest BCUT2D eigenvalue weighted by molar-refractivity contribution is -0.137. The van der Waals surface area contributed by atoms with Gasteiger partial charge in [-0.25, -0.2) is 0 Å². The second-order valence-electron chi connectivity index (χ2n) is 7.29. The predicted molar refractivity (Wildman–Crippen MR) is 80.0 cm³/mol. The number of hydrogen-bond acceptors (Lipinski definition) is 2. The smallest absolute Gasteiger partial charge is 0.141 e. The molecule has 0 aliphatic heterocycles. The van der Waals surface area contributed by atoms with Crippen molar-refractivity contribution in [2.75, 3.05) is 0 Å². The number of carbonyl (C=O) groups is 1. The maximum atomic E-state index is 12.6. The second kappa shape index (κ2) is 5.14. The van der Waals surface area contributed by atoms with Crippen LogP contribution in [0.15, 0.2) is 24.3 Å². The Labute approximate surface area is 122 Å². The fourth-order valence-electron chi connectivity index (χ4n) is 4.72. The summed E-state index contributed by atoms with van der Waals surface area (Å²) in [5.74, 6) is 1.74. The lowest BCUT2D eigenvalue weighted by Crippen LogP contribution is -2.45. The second-order valence-corrected chi connectivity index (χ2v) is 7.29. The van der Waals surface area contributed by atoms with E-state index in [0.29, 0.717) is 11.8 Å². The van der Waals surface area contributed by atoms with Crippen molar-refractivity contribution in [2.45, 2.75) is 45.6 Å². The van der Waals surface area contributed by atoms with E-state index >= 15 is 0 Å². The maximum Gasteiger partial charge on any atom is 0.141 e. The first-order valence-electron chi connectivity index (χ1n) is 8.04. The molecule has 110 valence electrons. The van der Waals surface area contributed by atoms with Gasteiger partial charge in [-0.1, -0.05) is 31.2 Å². The third kappa shape index (κ3) is 2.18. The number of carbonyl (C=O) groups excluding carboxylic acids is 1. The van der Waals surface area contributed by atoms with Crippen molar-refractivity contribution in [3.8, 4) is 0 Å². The minimum absolute atomic E-state index is 0.0967. The molecule has 3 aliphatic rings. The van der Waals surface area contributed by atoms with Crippen LogP contribution in [0.5, 0.6) is 0 Å². The summed E-state index contributed by atoms with van der Waals surface area (Å²) in [4.78, 5) is 12.6. The quantitative estimate of drug-likeness (QED) is 0.801. The Morgan fingerprint density at radius 2 is 2.10 bits per heavy atom. The summed E-state index contributed by atoms with van der Waals surface area (Å²) in [7, 11) is 0. The van der Waals surface area contributed by atoms with Gasteiger partial charge in [0, 0.05) is 5.92 Å². The third-order valence-electron chi connectivity index (χ3n) is 5.93. The monoisotopic (exact) mass is 274 g/mol. The molecular weight excluding hydrogens is 248 g/mol. The van der Waals surface area contributed by atoms with Crippen LogP contribution in [-0.4, -0.2) is 17.0 Å². The van der Waals surface area contributed by atoms with Gasteiger partial charge in [0.05, 0.1) is 12.0 Å². The number of Topliss-reactive ketones (excluding diaryl/α,β-unsaturated/α-hetero) is 1. The van der Waals surface area contributed by atoms with Crippen LogP contribution in [0.3, 0.4) is 0 Å². The molecule has 0 heterocycles. The zero-order valence-electron chi connectivity index (χ0n) is 12.6. The lowest BCUT2D eigenvalue weighted by Gasteiger charge is -2.40. The number of aliphatic hydroxyl groups excluding tert-OH is 1. The van der Waals surface area contributed by atoms with E-state index in [9.17, 15) is 9.90 Å². The standard InChI is InChI=1S/C18H26O2/c1-10(2)14-7-4-11(3)17(19)16(14)18(20)15-9-12-5-6-13(15)8-12/h5-6,11-16,18,20H,1,4,7-9H2,2-3H3/t11-,12+,13-,14+,15+,16+,18?/m1/s1. The Hall–Kier alpha value is -0.890. The van der Waals surface area contributed by atoms with Crippen LogP contribution in [0.2, 0.25) is 0 Å². The minimum atomic E-state index is -0.480. The zero-order valence-corrected chi connectivity index (χ0v) is 12.6. The van der Waals surface area contributed by atoms with E-state index in [-0.39, 0.29) is 29.5 Å². The Morgan fingerprint density at radius 3 is 2.65 bits per heavy atom. The van der Waals surface area contributed by atoms with Crippen molar-refractivity contribution in [1.29, 1.82) is 0 Å². The van der Waals surface area contributed by atoms with Gasteiger partial charge in [0.15, 0.2) is 0 Å². The lowest BCUT2D eigenvalue weighted by atomic mass is 9.65. The number of fused-ring (bicyclic) bond motifs is 2. The molecule has 0 aromatic rings. The molecule has 2 fully saturated rings. The van der Waals surface area contributed by atoms with Gasteiger partial charge in [-0.3, -0.25) is 4.79 Å². The van der Waals surface area contributed by atoms with Crippen LogP contribution in [0.4, 0.5) is 0 Å².